The molecule has 0 bridgehead atoms. The number of carboxylic acids is 3. The molecule has 5 N–H and O–H groups in total. The first-order valence-corrected chi connectivity index (χ1v) is 16.9. The van der Waals surface area contributed by atoms with Crippen molar-refractivity contribution in [3.05, 3.63) is 0 Å². The van der Waals surface area contributed by atoms with Crippen molar-refractivity contribution in [3.8, 4) is 6.07 Å². The van der Waals surface area contributed by atoms with Crippen LogP contribution in [0.3, 0.4) is 0 Å². The molecule has 4 aliphatic carbocycles. The van der Waals surface area contributed by atoms with Crippen molar-refractivity contribution < 1.29 is 49.4 Å². The number of rotatable bonds is 12. The van der Waals surface area contributed by atoms with Crippen molar-refractivity contribution in [2.45, 2.75) is 123 Å². The first kappa shape index (κ1) is 37.7. The summed E-state index contributed by atoms with van der Waals surface area (Å²) in [4.78, 5) is 46.0. The molecule has 4 fully saturated rings. The quantitative estimate of drug-likeness (QED) is 0.191. The minimum absolute atomic E-state index is 0.0508. The van der Waals surface area contributed by atoms with Crippen LogP contribution in [0.4, 0.5) is 0 Å². The van der Waals surface area contributed by atoms with Gasteiger partial charge in [-0.25, -0.2) is 4.79 Å². The van der Waals surface area contributed by atoms with E-state index in [-0.39, 0.29) is 34.9 Å². The van der Waals surface area contributed by atoms with Crippen LogP contribution in [0.2, 0.25) is 0 Å². The lowest BCUT2D eigenvalue weighted by atomic mass is 9.44. The molecule has 0 aliphatic heterocycles. The summed E-state index contributed by atoms with van der Waals surface area (Å²) in [7, 11) is 0. The number of hydrogen-bond donors (Lipinski definition) is 5. The Hall–Kier alpha value is -2.75. The maximum Gasteiger partial charge on any atom is 0.336 e. The number of hydrogen-bond acceptors (Lipinski definition) is 9. The predicted molar refractivity (Wildman–Crippen MR) is 166 cm³/mol. The SMILES string of the molecule is CCCN(CCC)CC(=O)O[C@H]1C[C@]2(C)[C@@H](C#N)CC[C@H]2[C@@H]2CC[C@H]3C[C@H](O)CC[C@]3(C)[C@H]21.O=C(O)CC(O)(CC(=O)O)C(=O)O. The van der Waals surface area contributed by atoms with Gasteiger partial charge in [0, 0.05) is 5.92 Å². The molecule has 0 unspecified atom stereocenters. The molecule has 4 rings (SSSR count). The molecule has 0 aromatic carbocycles. The zero-order valence-corrected chi connectivity index (χ0v) is 27.8. The number of carbonyl (C=O) groups is 4. The Balaban J connectivity index is 0.000000376. The number of carboxylic acid groups (broad SMARTS) is 3. The van der Waals surface area contributed by atoms with E-state index >= 15 is 0 Å². The third-order valence-corrected chi connectivity index (χ3v) is 11.7. The number of carbonyl (C=O) groups excluding carboxylic acids is 1. The Kier molecular flexibility index (Phi) is 12.7. The van der Waals surface area contributed by atoms with Gasteiger partial charge >= 0.3 is 23.9 Å². The summed E-state index contributed by atoms with van der Waals surface area (Å²) >= 11 is 0. The van der Waals surface area contributed by atoms with E-state index in [1.165, 1.54) is 6.42 Å². The minimum atomic E-state index is -2.74. The van der Waals surface area contributed by atoms with Gasteiger partial charge < -0.3 is 30.3 Å². The molecule has 0 aromatic rings. The van der Waals surface area contributed by atoms with E-state index < -0.39 is 36.4 Å². The van der Waals surface area contributed by atoms with Crippen LogP contribution in [0.15, 0.2) is 0 Å². The van der Waals surface area contributed by atoms with Crippen LogP contribution in [0, 0.1) is 51.8 Å². The van der Waals surface area contributed by atoms with Gasteiger partial charge in [0.2, 0.25) is 0 Å². The molecule has 260 valence electrons. The molecule has 4 saturated carbocycles. The molecule has 0 amide bonds. The number of nitriles is 1. The summed E-state index contributed by atoms with van der Waals surface area (Å²) in [5, 5.41) is 54.2. The van der Waals surface area contributed by atoms with E-state index in [2.05, 4.69) is 38.7 Å². The molecule has 0 heterocycles. The van der Waals surface area contributed by atoms with Gasteiger partial charge in [0.25, 0.3) is 0 Å². The van der Waals surface area contributed by atoms with Crippen LogP contribution in [0.1, 0.15) is 105 Å². The van der Waals surface area contributed by atoms with Crippen LogP contribution >= 0.6 is 0 Å². The Morgan fingerprint density at radius 3 is 2.07 bits per heavy atom. The average molecular weight is 651 g/mol. The highest BCUT2D eigenvalue weighted by atomic mass is 16.5. The largest absolute Gasteiger partial charge is 0.481 e. The maximum absolute atomic E-state index is 13.2. The highest BCUT2D eigenvalue weighted by molar-refractivity contribution is 5.88. The first-order chi connectivity index (χ1) is 21.5. The smallest absolute Gasteiger partial charge is 0.336 e. The number of aliphatic hydroxyl groups is 2. The number of aliphatic carboxylic acids is 3. The molecule has 0 radical (unpaired) electrons. The number of ether oxygens (including phenoxy) is 1. The van der Waals surface area contributed by atoms with Gasteiger partial charge in [-0.3, -0.25) is 19.3 Å². The fourth-order valence-corrected chi connectivity index (χ4v) is 9.65. The van der Waals surface area contributed by atoms with E-state index in [9.17, 15) is 29.5 Å². The van der Waals surface area contributed by atoms with E-state index in [1.807, 2.05) is 0 Å². The fraction of sp³-hybridized carbons (Fsp3) is 0.853. The van der Waals surface area contributed by atoms with Gasteiger partial charge in [0.15, 0.2) is 5.60 Å². The normalized spacial score (nSPS) is 35.0. The third kappa shape index (κ3) is 8.20. The molecule has 0 saturated heterocycles. The second-order valence-electron chi connectivity index (χ2n) is 14.8. The summed E-state index contributed by atoms with van der Waals surface area (Å²) in [6.07, 6.45) is 7.55. The van der Waals surface area contributed by atoms with Crippen LogP contribution in [-0.4, -0.2) is 91.8 Å². The lowest BCUT2D eigenvalue weighted by Gasteiger charge is -2.62. The van der Waals surface area contributed by atoms with E-state index in [0.29, 0.717) is 30.2 Å². The highest BCUT2D eigenvalue weighted by Crippen LogP contribution is 2.67. The highest BCUT2D eigenvalue weighted by Gasteiger charge is 2.64. The summed E-state index contributed by atoms with van der Waals surface area (Å²) in [5.74, 6) is -3.08. The second kappa shape index (κ2) is 15.4. The van der Waals surface area contributed by atoms with Crippen LogP contribution in [-0.2, 0) is 23.9 Å². The van der Waals surface area contributed by atoms with Crippen molar-refractivity contribution in [3.63, 3.8) is 0 Å². The van der Waals surface area contributed by atoms with Gasteiger partial charge in [0.1, 0.15) is 6.10 Å². The van der Waals surface area contributed by atoms with Gasteiger partial charge in [-0.15, -0.1) is 0 Å². The van der Waals surface area contributed by atoms with E-state index in [4.69, 9.17) is 25.2 Å². The molecule has 12 heteroatoms. The first-order valence-electron chi connectivity index (χ1n) is 16.9. The number of aliphatic hydroxyl groups excluding tert-OH is 1. The van der Waals surface area contributed by atoms with Crippen molar-refractivity contribution in [1.82, 2.24) is 4.90 Å². The van der Waals surface area contributed by atoms with E-state index in [1.54, 1.807) is 0 Å². The summed E-state index contributed by atoms with van der Waals surface area (Å²) < 4.78 is 6.44. The molecule has 12 nitrogen and oxygen atoms in total. The lowest BCUT2D eigenvalue weighted by molar-refractivity contribution is -0.198. The number of fused-ring (bicyclic) bond motifs is 5. The molecule has 4 aliphatic rings. The minimum Gasteiger partial charge on any atom is -0.481 e. The molecule has 0 spiro atoms. The summed E-state index contributed by atoms with van der Waals surface area (Å²) in [6.45, 7) is 11.3. The van der Waals surface area contributed by atoms with Crippen LogP contribution in [0.25, 0.3) is 0 Å². The molecular formula is C34H54N2O10. The zero-order chi connectivity index (χ0) is 34.4. The Bertz CT molecular complexity index is 1130. The Labute approximate surface area is 272 Å². The van der Waals surface area contributed by atoms with E-state index in [0.717, 1.165) is 70.9 Å². The second-order valence-corrected chi connectivity index (χ2v) is 14.8. The zero-order valence-electron chi connectivity index (χ0n) is 27.8. The summed E-state index contributed by atoms with van der Waals surface area (Å²) in [5.41, 5.74) is -2.67. The third-order valence-electron chi connectivity index (χ3n) is 11.7. The molecular weight excluding hydrogens is 596 g/mol. The van der Waals surface area contributed by atoms with Crippen molar-refractivity contribution in [2.24, 2.45) is 40.4 Å². The molecule has 0 aromatic heterocycles. The van der Waals surface area contributed by atoms with Crippen molar-refractivity contribution in [2.75, 3.05) is 19.6 Å². The van der Waals surface area contributed by atoms with Gasteiger partial charge in [-0.2, -0.15) is 5.26 Å². The van der Waals surface area contributed by atoms with Gasteiger partial charge in [-0.05, 0) is 106 Å². The average Bonchev–Trinajstić information content (AvgIpc) is 3.28. The Morgan fingerprint density at radius 2 is 1.54 bits per heavy atom. The monoisotopic (exact) mass is 650 g/mol. The van der Waals surface area contributed by atoms with Crippen molar-refractivity contribution in [1.29, 1.82) is 5.26 Å². The predicted octanol–water partition coefficient (Wildman–Crippen LogP) is 3.92. The number of esters is 1. The van der Waals surface area contributed by atoms with Crippen LogP contribution in [0.5, 0.6) is 0 Å². The number of nitrogens with zero attached hydrogens (tertiary/aromatic N) is 2. The van der Waals surface area contributed by atoms with Gasteiger partial charge in [0.05, 0.1) is 37.5 Å². The Morgan fingerprint density at radius 1 is 0.935 bits per heavy atom. The molecule has 9 atom stereocenters. The fourth-order valence-electron chi connectivity index (χ4n) is 9.65. The van der Waals surface area contributed by atoms with Crippen molar-refractivity contribution >= 4 is 23.9 Å². The standard InChI is InChI=1S/C28H46N2O3.C6H8O7/c1-5-13-30(14-6-2)18-25(32)33-24-16-28(4)20(17-29)8-10-23(28)22-9-7-19-15-21(31)11-12-27(19,3)26(22)24;7-3(8)1-6(13,5(11)12)2-4(9)10/h19-24,26,31H,5-16,18H2,1-4H3;13H,1-2H2,(H,7,8)(H,9,10)(H,11,12)/t19-,20+,21+,22-,23-,24-,26+,27-,28+;/m0./s1. The van der Waals surface area contributed by atoms with Crippen LogP contribution < -0.4 is 0 Å². The van der Waals surface area contributed by atoms with Gasteiger partial charge in [-0.1, -0.05) is 27.7 Å². The molecule has 46 heavy (non-hydrogen) atoms. The summed E-state index contributed by atoms with van der Waals surface area (Å²) in [6, 6.07) is 2.63. The maximum atomic E-state index is 13.2. The lowest BCUT2D eigenvalue weighted by Crippen LogP contribution is -2.60. The topological polar surface area (TPSA) is 206 Å².